The molecule has 0 bridgehead atoms. The van der Waals surface area contributed by atoms with Gasteiger partial charge in [0.1, 0.15) is 0 Å². The molecule has 1 unspecified atom stereocenters. The molecule has 0 aromatic rings. The van der Waals surface area contributed by atoms with Crippen LogP contribution in [0.25, 0.3) is 0 Å². The van der Waals surface area contributed by atoms with Gasteiger partial charge in [0, 0.05) is 5.41 Å². The van der Waals surface area contributed by atoms with E-state index in [2.05, 4.69) is 52.8 Å². The van der Waals surface area contributed by atoms with Crippen molar-refractivity contribution in [3.05, 3.63) is 23.8 Å². The van der Waals surface area contributed by atoms with Crippen LogP contribution in [-0.4, -0.2) is 11.2 Å². The molecule has 0 aromatic carbocycles. The Balaban J connectivity index is 2.83. The Kier molecular flexibility index (Phi) is 4.24. The van der Waals surface area contributed by atoms with Crippen LogP contribution in [0.5, 0.6) is 0 Å². The zero-order chi connectivity index (χ0) is 13.3. The zero-order valence-electron chi connectivity index (χ0n) is 12.2. The van der Waals surface area contributed by atoms with Crippen molar-refractivity contribution in [1.29, 1.82) is 0 Å². The molecule has 0 aromatic heterocycles. The van der Waals surface area contributed by atoms with Crippen LogP contribution in [0.15, 0.2) is 23.8 Å². The van der Waals surface area contributed by atoms with Gasteiger partial charge in [-0.25, -0.2) is 0 Å². The topological polar surface area (TPSA) is 20.2 Å². The molecule has 1 nitrogen and oxygen atoms in total. The predicted octanol–water partition coefficient (Wildman–Crippen LogP) is 4.33. The van der Waals surface area contributed by atoms with Gasteiger partial charge in [-0.3, -0.25) is 0 Å². The van der Waals surface area contributed by atoms with E-state index in [0.29, 0.717) is 5.92 Å². The van der Waals surface area contributed by atoms with E-state index in [9.17, 15) is 5.11 Å². The van der Waals surface area contributed by atoms with Gasteiger partial charge in [0.2, 0.25) is 0 Å². The number of aliphatic hydroxyl groups is 1. The number of aliphatic hydroxyl groups excluding tert-OH is 1. The smallest absolute Gasteiger partial charge is 0.0597 e. The number of allylic oxidation sites excluding steroid dienone is 3. The molecule has 0 saturated heterocycles. The summed E-state index contributed by atoms with van der Waals surface area (Å²) in [5.74, 6) is 0.588. The van der Waals surface area contributed by atoms with Gasteiger partial charge in [-0.1, -0.05) is 51.5 Å². The van der Waals surface area contributed by atoms with E-state index in [-0.39, 0.29) is 16.9 Å². The van der Waals surface area contributed by atoms with Crippen LogP contribution in [0.3, 0.4) is 0 Å². The maximum Gasteiger partial charge on any atom is 0.0597 e. The quantitative estimate of drug-likeness (QED) is 0.723. The summed E-state index contributed by atoms with van der Waals surface area (Å²) in [4.78, 5) is 0. The Morgan fingerprint density at radius 1 is 1.47 bits per heavy atom. The minimum Gasteiger partial charge on any atom is -0.393 e. The van der Waals surface area contributed by atoms with Gasteiger partial charge in [0.25, 0.3) is 0 Å². The zero-order valence-corrected chi connectivity index (χ0v) is 12.2. The molecule has 0 saturated carbocycles. The molecule has 1 heteroatoms. The highest BCUT2D eigenvalue weighted by Gasteiger charge is 2.32. The number of hydrogen-bond acceptors (Lipinski definition) is 1. The molecule has 1 aliphatic rings. The van der Waals surface area contributed by atoms with E-state index in [1.807, 2.05) is 6.92 Å². The standard InChI is InChI=1S/C16H28O/c1-12-8-7-9-14(16(12,5)6)10-11-15(3,4)13(2)17/h8,10-11,13-14,17H,7,9H2,1-6H3/t13?,14-/m1/s1. The average molecular weight is 236 g/mol. The molecule has 0 amide bonds. The summed E-state index contributed by atoms with van der Waals surface area (Å²) in [5, 5.41) is 9.73. The molecule has 1 aliphatic carbocycles. The highest BCUT2D eigenvalue weighted by molar-refractivity contribution is 5.19. The van der Waals surface area contributed by atoms with E-state index in [4.69, 9.17) is 0 Å². The number of hydrogen-bond donors (Lipinski definition) is 1. The normalized spacial score (nSPS) is 27.0. The van der Waals surface area contributed by atoms with Crippen molar-refractivity contribution in [2.24, 2.45) is 16.7 Å². The van der Waals surface area contributed by atoms with E-state index in [1.165, 1.54) is 18.4 Å². The molecule has 0 spiro atoms. The lowest BCUT2D eigenvalue weighted by molar-refractivity contribution is 0.0987. The second kappa shape index (κ2) is 4.97. The van der Waals surface area contributed by atoms with Crippen molar-refractivity contribution < 1.29 is 5.11 Å². The average Bonchev–Trinajstić information content (AvgIpc) is 2.20. The highest BCUT2D eigenvalue weighted by atomic mass is 16.3. The lowest BCUT2D eigenvalue weighted by Crippen LogP contribution is -2.28. The first kappa shape index (κ1) is 14.5. The monoisotopic (exact) mass is 236 g/mol. The molecule has 1 N–H and O–H groups in total. The predicted molar refractivity (Wildman–Crippen MR) is 74.9 cm³/mol. The summed E-state index contributed by atoms with van der Waals surface area (Å²) in [5.41, 5.74) is 1.61. The van der Waals surface area contributed by atoms with Crippen LogP contribution in [0.1, 0.15) is 54.4 Å². The van der Waals surface area contributed by atoms with E-state index >= 15 is 0 Å². The molecule has 0 heterocycles. The van der Waals surface area contributed by atoms with E-state index in [1.54, 1.807) is 0 Å². The fraction of sp³-hybridized carbons (Fsp3) is 0.750. The second-order valence-electron chi connectivity index (χ2n) is 6.65. The van der Waals surface area contributed by atoms with Crippen molar-refractivity contribution in [2.75, 3.05) is 0 Å². The van der Waals surface area contributed by atoms with E-state index in [0.717, 1.165) is 0 Å². The van der Waals surface area contributed by atoms with Crippen molar-refractivity contribution in [2.45, 2.75) is 60.5 Å². The Morgan fingerprint density at radius 2 is 2.06 bits per heavy atom. The molecule has 17 heavy (non-hydrogen) atoms. The summed E-state index contributed by atoms with van der Waals surface area (Å²) in [6.07, 6.45) is 8.98. The van der Waals surface area contributed by atoms with Gasteiger partial charge in [0.05, 0.1) is 6.10 Å². The molecule has 0 radical (unpaired) electrons. The first-order chi connectivity index (χ1) is 7.68. The van der Waals surface area contributed by atoms with Gasteiger partial charge in [-0.05, 0) is 38.0 Å². The van der Waals surface area contributed by atoms with Gasteiger partial charge in [-0.15, -0.1) is 0 Å². The summed E-state index contributed by atoms with van der Waals surface area (Å²) < 4.78 is 0. The van der Waals surface area contributed by atoms with Crippen LogP contribution in [0.2, 0.25) is 0 Å². The summed E-state index contributed by atoms with van der Waals surface area (Å²) in [6.45, 7) is 12.9. The first-order valence-electron chi connectivity index (χ1n) is 6.72. The first-order valence-corrected chi connectivity index (χ1v) is 6.72. The molecule has 2 atom stereocenters. The van der Waals surface area contributed by atoms with Crippen molar-refractivity contribution in [3.8, 4) is 0 Å². The van der Waals surface area contributed by atoms with Gasteiger partial charge in [0.15, 0.2) is 0 Å². The van der Waals surface area contributed by atoms with Gasteiger partial charge in [-0.2, -0.15) is 0 Å². The van der Waals surface area contributed by atoms with Crippen molar-refractivity contribution in [1.82, 2.24) is 0 Å². The maximum atomic E-state index is 9.73. The van der Waals surface area contributed by atoms with Crippen LogP contribution < -0.4 is 0 Å². The maximum absolute atomic E-state index is 9.73. The Bertz CT molecular complexity index is 318. The fourth-order valence-electron chi connectivity index (χ4n) is 2.24. The lowest BCUT2D eigenvalue weighted by Gasteiger charge is -2.38. The SMILES string of the molecule is CC1=CCC[C@H](C=CC(C)(C)C(C)O)C1(C)C. The summed E-state index contributed by atoms with van der Waals surface area (Å²) >= 11 is 0. The van der Waals surface area contributed by atoms with Crippen LogP contribution in [0, 0.1) is 16.7 Å². The Hall–Kier alpha value is -0.560. The Morgan fingerprint density at radius 3 is 2.59 bits per heavy atom. The largest absolute Gasteiger partial charge is 0.393 e. The number of rotatable bonds is 3. The molecule has 0 fully saturated rings. The third-order valence-corrected chi connectivity index (χ3v) is 4.71. The summed E-state index contributed by atoms with van der Waals surface area (Å²) in [6, 6.07) is 0. The molecular weight excluding hydrogens is 208 g/mol. The second-order valence-corrected chi connectivity index (χ2v) is 6.65. The van der Waals surface area contributed by atoms with Crippen LogP contribution in [0.4, 0.5) is 0 Å². The minimum atomic E-state index is -0.304. The fourth-order valence-corrected chi connectivity index (χ4v) is 2.24. The van der Waals surface area contributed by atoms with Gasteiger partial charge < -0.3 is 5.11 Å². The van der Waals surface area contributed by atoms with Crippen LogP contribution >= 0.6 is 0 Å². The molecular formula is C16H28O. The highest BCUT2D eigenvalue weighted by Crippen LogP contribution is 2.42. The third-order valence-electron chi connectivity index (χ3n) is 4.71. The molecule has 0 aliphatic heterocycles. The third kappa shape index (κ3) is 3.22. The molecule has 98 valence electrons. The Labute approximate surface area is 107 Å². The van der Waals surface area contributed by atoms with E-state index < -0.39 is 0 Å². The van der Waals surface area contributed by atoms with Crippen LogP contribution in [-0.2, 0) is 0 Å². The van der Waals surface area contributed by atoms with Crippen molar-refractivity contribution in [3.63, 3.8) is 0 Å². The minimum absolute atomic E-state index is 0.134. The molecule has 1 rings (SSSR count). The van der Waals surface area contributed by atoms with Crippen molar-refractivity contribution >= 4 is 0 Å². The van der Waals surface area contributed by atoms with Gasteiger partial charge >= 0.3 is 0 Å². The summed E-state index contributed by atoms with van der Waals surface area (Å²) in [7, 11) is 0. The lowest BCUT2D eigenvalue weighted by atomic mass is 9.67.